The highest BCUT2D eigenvalue weighted by molar-refractivity contribution is 7.89. The fourth-order valence-corrected chi connectivity index (χ4v) is 5.21. The molecule has 25 heavy (non-hydrogen) atoms. The molecule has 1 aliphatic rings. The molecule has 0 N–H and O–H groups in total. The van der Waals surface area contributed by atoms with E-state index in [2.05, 4.69) is 5.16 Å². The Morgan fingerprint density at radius 3 is 2.68 bits per heavy atom. The highest BCUT2D eigenvalue weighted by Crippen LogP contribution is 2.37. The lowest BCUT2D eigenvalue weighted by Crippen LogP contribution is -2.35. The number of aromatic nitrogens is 1. The Hall–Kier alpha value is -1.86. The summed E-state index contributed by atoms with van der Waals surface area (Å²) in [6.07, 6.45) is 3.51. The second-order valence-corrected chi connectivity index (χ2v) is 8.36. The van der Waals surface area contributed by atoms with Gasteiger partial charge in [-0.1, -0.05) is 24.1 Å². The van der Waals surface area contributed by atoms with Crippen LogP contribution >= 0.6 is 0 Å². The second kappa shape index (κ2) is 7.17. The van der Waals surface area contributed by atoms with E-state index >= 15 is 0 Å². The van der Waals surface area contributed by atoms with Gasteiger partial charge in [0, 0.05) is 12.6 Å². The van der Waals surface area contributed by atoms with Gasteiger partial charge in [-0.2, -0.15) is 4.31 Å². The van der Waals surface area contributed by atoms with E-state index in [-0.39, 0.29) is 10.9 Å². The van der Waals surface area contributed by atoms with Gasteiger partial charge in [0.1, 0.15) is 10.6 Å². The molecule has 1 atom stereocenters. The molecule has 136 valence electrons. The van der Waals surface area contributed by atoms with Crippen molar-refractivity contribution >= 4 is 10.0 Å². The lowest BCUT2D eigenvalue weighted by Gasteiger charge is -2.28. The quantitative estimate of drug-likeness (QED) is 0.829. The molecule has 6 nitrogen and oxygen atoms in total. The third-order valence-electron chi connectivity index (χ3n) is 4.58. The van der Waals surface area contributed by atoms with Crippen molar-refractivity contribution in [2.75, 3.05) is 13.7 Å². The largest absolute Gasteiger partial charge is 0.495 e. The maximum absolute atomic E-state index is 13.4. The molecule has 3 rings (SSSR count). The number of nitrogens with zero attached hydrogens (tertiary/aromatic N) is 2. The van der Waals surface area contributed by atoms with Crippen LogP contribution in [0.2, 0.25) is 0 Å². The van der Waals surface area contributed by atoms with Crippen LogP contribution in [-0.4, -0.2) is 31.5 Å². The van der Waals surface area contributed by atoms with Crippen molar-refractivity contribution in [1.29, 1.82) is 0 Å². The summed E-state index contributed by atoms with van der Waals surface area (Å²) in [5, 5.41) is 3.94. The number of sulfonamides is 1. The number of aryl methyl sites for hydroxylation is 2. The number of hydrogen-bond donors (Lipinski definition) is 0. The van der Waals surface area contributed by atoms with E-state index in [4.69, 9.17) is 9.26 Å². The van der Waals surface area contributed by atoms with E-state index in [1.54, 1.807) is 16.4 Å². The third-order valence-corrected chi connectivity index (χ3v) is 6.51. The Bertz CT molecular complexity index is 845. The van der Waals surface area contributed by atoms with Crippen LogP contribution in [0.25, 0.3) is 0 Å². The normalized spacial score (nSPS) is 19.6. The van der Waals surface area contributed by atoms with Crippen LogP contribution < -0.4 is 4.74 Å². The molecule has 0 amide bonds. The first-order chi connectivity index (χ1) is 11.9. The van der Waals surface area contributed by atoms with Gasteiger partial charge >= 0.3 is 0 Å². The van der Waals surface area contributed by atoms with Crippen LogP contribution in [0.1, 0.15) is 48.7 Å². The molecule has 0 radical (unpaired) electrons. The van der Waals surface area contributed by atoms with Crippen LogP contribution in [0.4, 0.5) is 0 Å². The first kappa shape index (κ1) is 17.9. The number of rotatable bonds is 4. The Kier molecular flexibility index (Phi) is 5.15. The van der Waals surface area contributed by atoms with Crippen LogP contribution in [0, 0.1) is 13.8 Å². The van der Waals surface area contributed by atoms with Crippen LogP contribution in [0.3, 0.4) is 0 Å². The fourth-order valence-electron chi connectivity index (χ4n) is 3.31. The first-order valence-corrected chi connectivity index (χ1v) is 9.97. The summed E-state index contributed by atoms with van der Waals surface area (Å²) in [5.74, 6) is 0.969. The molecule has 1 aliphatic heterocycles. The van der Waals surface area contributed by atoms with Gasteiger partial charge < -0.3 is 9.26 Å². The maximum atomic E-state index is 13.4. The molecular weight excluding hydrogens is 340 g/mol. The predicted octanol–water partition coefficient (Wildman–Crippen LogP) is 3.61. The van der Waals surface area contributed by atoms with Crippen LogP contribution in [0.5, 0.6) is 5.75 Å². The standard InChI is InChI=1S/C18H24N2O4S/c1-13-8-9-16(23-3)18(11-13)25(21,22)20-10-6-4-5-7-15(20)17-12-14(2)19-24-17/h8-9,11-12,15H,4-7,10H2,1-3H3/t15-/m0/s1. The minimum atomic E-state index is -3.72. The zero-order chi connectivity index (χ0) is 18.0. The number of ether oxygens (including phenoxy) is 1. The van der Waals surface area contributed by atoms with E-state index in [1.165, 1.54) is 7.11 Å². The van der Waals surface area contributed by atoms with Crippen molar-refractivity contribution < 1.29 is 17.7 Å². The number of methoxy groups -OCH3 is 1. The highest BCUT2D eigenvalue weighted by Gasteiger charge is 2.37. The molecule has 1 aromatic carbocycles. The average molecular weight is 364 g/mol. The van der Waals surface area contributed by atoms with Gasteiger partial charge in [-0.05, 0) is 44.4 Å². The summed E-state index contributed by atoms with van der Waals surface area (Å²) < 4.78 is 39.2. The van der Waals surface area contributed by atoms with Gasteiger partial charge in [-0.15, -0.1) is 0 Å². The van der Waals surface area contributed by atoms with Crippen LogP contribution in [0.15, 0.2) is 33.7 Å². The zero-order valence-corrected chi connectivity index (χ0v) is 15.7. The van der Waals surface area contributed by atoms with E-state index in [0.717, 1.165) is 36.9 Å². The SMILES string of the molecule is COc1ccc(C)cc1S(=O)(=O)N1CCCCC[C@H]1c1cc(C)no1. The lowest BCUT2D eigenvalue weighted by atomic mass is 10.1. The topological polar surface area (TPSA) is 72.6 Å². The average Bonchev–Trinajstić information content (AvgIpc) is 2.86. The predicted molar refractivity (Wildman–Crippen MR) is 94.1 cm³/mol. The summed E-state index contributed by atoms with van der Waals surface area (Å²) in [6, 6.07) is 6.71. The Balaban J connectivity index is 2.08. The smallest absolute Gasteiger partial charge is 0.247 e. The van der Waals surface area contributed by atoms with E-state index < -0.39 is 10.0 Å². The minimum Gasteiger partial charge on any atom is -0.495 e. The van der Waals surface area contributed by atoms with Crippen molar-refractivity contribution in [2.45, 2.75) is 50.5 Å². The molecule has 1 fully saturated rings. The van der Waals surface area contributed by atoms with Gasteiger partial charge in [0.25, 0.3) is 0 Å². The molecule has 0 bridgehead atoms. The van der Waals surface area contributed by atoms with Crippen molar-refractivity contribution in [3.8, 4) is 5.75 Å². The van der Waals surface area contributed by atoms with E-state index in [0.29, 0.717) is 18.1 Å². The summed E-state index contributed by atoms with van der Waals surface area (Å²) >= 11 is 0. The molecule has 2 heterocycles. The van der Waals surface area contributed by atoms with Crippen LogP contribution in [-0.2, 0) is 10.0 Å². The van der Waals surface area contributed by atoms with E-state index in [9.17, 15) is 8.42 Å². The molecule has 2 aromatic rings. The Morgan fingerprint density at radius 1 is 1.20 bits per heavy atom. The van der Waals surface area contributed by atoms with Crippen molar-refractivity contribution in [2.24, 2.45) is 0 Å². The Labute approximate surface area is 148 Å². The van der Waals surface area contributed by atoms with Gasteiger partial charge in [0.15, 0.2) is 5.76 Å². The molecule has 0 saturated carbocycles. The monoisotopic (exact) mass is 364 g/mol. The van der Waals surface area contributed by atoms with Gasteiger partial charge in [-0.3, -0.25) is 0 Å². The molecular formula is C18H24N2O4S. The minimum absolute atomic E-state index is 0.207. The second-order valence-electron chi connectivity index (χ2n) is 6.51. The molecule has 0 unspecified atom stereocenters. The maximum Gasteiger partial charge on any atom is 0.247 e. The van der Waals surface area contributed by atoms with Gasteiger partial charge in [-0.25, -0.2) is 8.42 Å². The lowest BCUT2D eigenvalue weighted by molar-refractivity contribution is 0.257. The first-order valence-electron chi connectivity index (χ1n) is 8.53. The zero-order valence-electron chi connectivity index (χ0n) is 14.9. The molecule has 7 heteroatoms. The number of benzene rings is 1. The summed E-state index contributed by atoms with van der Waals surface area (Å²) in [4.78, 5) is 0.207. The van der Waals surface area contributed by atoms with Gasteiger partial charge in [0.05, 0.1) is 18.8 Å². The molecule has 0 spiro atoms. The summed E-state index contributed by atoms with van der Waals surface area (Å²) in [7, 11) is -2.23. The van der Waals surface area contributed by atoms with Crippen molar-refractivity contribution in [3.63, 3.8) is 0 Å². The van der Waals surface area contributed by atoms with Crippen molar-refractivity contribution in [3.05, 3.63) is 41.3 Å². The molecule has 1 saturated heterocycles. The van der Waals surface area contributed by atoms with Crippen molar-refractivity contribution in [1.82, 2.24) is 9.46 Å². The highest BCUT2D eigenvalue weighted by atomic mass is 32.2. The number of hydrogen-bond acceptors (Lipinski definition) is 5. The fraction of sp³-hybridized carbons (Fsp3) is 0.500. The molecule has 0 aliphatic carbocycles. The summed E-state index contributed by atoms with van der Waals surface area (Å²) in [5.41, 5.74) is 1.63. The summed E-state index contributed by atoms with van der Waals surface area (Å²) in [6.45, 7) is 4.17. The molecule has 1 aromatic heterocycles. The third kappa shape index (κ3) is 3.57. The Morgan fingerprint density at radius 2 is 2.00 bits per heavy atom. The van der Waals surface area contributed by atoms with E-state index in [1.807, 2.05) is 26.0 Å². The van der Waals surface area contributed by atoms with Gasteiger partial charge in [0.2, 0.25) is 10.0 Å².